The van der Waals surface area contributed by atoms with Gasteiger partial charge in [0.1, 0.15) is 0 Å². The third-order valence-electron chi connectivity index (χ3n) is 2.53. The molecule has 1 aliphatic rings. The second-order valence-electron chi connectivity index (χ2n) is 4.29. The lowest BCUT2D eigenvalue weighted by atomic mass is 10.2. The Hall–Kier alpha value is 0.130. The van der Waals surface area contributed by atoms with E-state index in [1.165, 1.54) is 5.75 Å². The normalized spacial score (nSPS) is 22.8. The number of carbonyl (C=O) groups is 1. The lowest BCUT2D eigenvalue weighted by molar-refractivity contribution is -0.121. The second-order valence-corrected chi connectivity index (χ2v) is 6.36. The second kappa shape index (κ2) is 8.25. The zero-order valence-electron chi connectivity index (χ0n) is 10.1. The van der Waals surface area contributed by atoms with Gasteiger partial charge in [-0.25, -0.2) is 0 Å². The molecule has 16 heavy (non-hydrogen) atoms. The molecule has 3 nitrogen and oxygen atoms in total. The zero-order chi connectivity index (χ0) is 11.8. The molecule has 5 heteroatoms. The van der Waals surface area contributed by atoms with Crippen LogP contribution in [0.4, 0.5) is 0 Å². The van der Waals surface area contributed by atoms with Gasteiger partial charge in [0.2, 0.25) is 5.91 Å². The largest absolute Gasteiger partial charge is 0.356 e. The summed E-state index contributed by atoms with van der Waals surface area (Å²) in [5.41, 5.74) is 0. The highest BCUT2D eigenvalue weighted by Crippen LogP contribution is 2.10. The van der Waals surface area contributed by atoms with Crippen LogP contribution >= 0.6 is 23.5 Å². The van der Waals surface area contributed by atoms with Crippen molar-refractivity contribution >= 4 is 29.4 Å². The van der Waals surface area contributed by atoms with Crippen molar-refractivity contribution in [1.29, 1.82) is 0 Å². The van der Waals surface area contributed by atoms with Crippen LogP contribution in [-0.2, 0) is 4.79 Å². The minimum atomic E-state index is 0.188. The van der Waals surface area contributed by atoms with Crippen LogP contribution in [0, 0.1) is 5.92 Å². The summed E-state index contributed by atoms with van der Waals surface area (Å²) in [5.74, 6) is 4.09. The van der Waals surface area contributed by atoms with Crippen molar-refractivity contribution in [2.24, 2.45) is 5.92 Å². The molecule has 94 valence electrons. The summed E-state index contributed by atoms with van der Waals surface area (Å²) in [6.07, 6.45) is 2.72. The molecular formula is C11H22N2OS2. The summed E-state index contributed by atoms with van der Waals surface area (Å²) in [5, 5.41) is 6.39. The molecule has 2 atom stereocenters. The maximum Gasteiger partial charge on any atom is 0.221 e. The van der Waals surface area contributed by atoms with Crippen molar-refractivity contribution in [3.63, 3.8) is 0 Å². The molecule has 1 amide bonds. The van der Waals surface area contributed by atoms with Gasteiger partial charge in [-0.3, -0.25) is 4.79 Å². The Morgan fingerprint density at radius 2 is 2.50 bits per heavy atom. The first-order chi connectivity index (χ1) is 7.72. The molecule has 0 aliphatic carbocycles. The molecule has 1 rings (SSSR count). The minimum Gasteiger partial charge on any atom is -0.356 e. The summed E-state index contributed by atoms with van der Waals surface area (Å²) >= 11 is 3.76. The predicted octanol–water partition coefficient (Wildman–Crippen LogP) is 1.20. The average molecular weight is 262 g/mol. The Bertz CT molecular complexity index is 208. The van der Waals surface area contributed by atoms with E-state index in [0.717, 1.165) is 24.6 Å². The number of amides is 1. The summed E-state index contributed by atoms with van der Waals surface area (Å²) < 4.78 is 0. The Morgan fingerprint density at radius 3 is 3.12 bits per heavy atom. The van der Waals surface area contributed by atoms with Gasteiger partial charge < -0.3 is 10.6 Å². The molecule has 0 aromatic carbocycles. The Balaban J connectivity index is 2.10. The highest BCUT2D eigenvalue weighted by atomic mass is 32.2. The molecule has 1 aliphatic heterocycles. The number of thioether (sulfide) groups is 2. The van der Waals surface area contributed by atoms with Gasteiger partial charge in [-0.05, 0) is 17.9 Å². The zero-order valence-corrected chi connectivity index (χ0v) is 11.8. The lowest BCUT2D eigenvalue weighted by Gasteiger charge is -2.22. The molecule has 0 bridgehead atoms. The first kappa shape index (κ1) is 14.2. The van der Waals surface area contributed by atoms with E-state index in [2.05, 4.69) is 23.8 Å². The predicted molar refractivity (Wildman–Crippen MR) is 74.3 cm³/mol. The summed E-state index contributed by atoms with van der Waals surface area (Å²) in [4.78, 5) is 11.7. The van der Waals surface area contributed by atoms with Gasteiger partial charge in [-0.15, -0.1) is 0 Å². The van der Waals surface area contributed by atoms with E-state index in [-0.39, 0.29) is 5.91 Å². The van der Waals surface area contributed by atoms with Crippen molar-refractivity contribution < 1.29 is 4.79 Å². The van der Waals surface area contributed by atoms with Crippen LogP contribution in [-0.4, -0.2) is 48.6 Å². The Labute approximate surface area is 107 Å². The van der Waals surface area contributed by atoms with Crippen LogP contribution < -0.4 is 10.6 Å². The minimum absolute atomic E-state index is 0.188. The van der Waals surface area contributed by atoms with Crippen LogP contribution in [0.15, 0.2) is 0 Å². The van der Waals surface area contributed by atoms with E-state index in [0.29, 0.717) is 18.4 Å². The van der Waals surface area contributed by atoms with Crippen molar-refractivity contribution in [1.82, 2.24) is 10.6 Å². The van der Waals surface area contributed by atoms with Crippen LogP contribution in [0.5, 0.6) is 0 Å². The topological polar surface area (TPSA) is 41.1 Å². The molecule has 0 aromatic rings. The van der Waals surface area contributed by atoms with Gasteiger partial charge >= 0.3 is 0 Å². The van der Waals surface area contributed by atoms with Gasteiger partial charge in [0.25, 0.3) is 0 Å². The van der Waals surface area contributed by atoms with Gasteiger partial charge in [0, 0.05) is 37.1 Å². The lowest BCUT2D eigenvalue weighted by Crippen LogP contribution is -2.42. The third kappa shape index (κ3) is 6.01. The molecule has 1 saturated heterocycles. The van der Waals surface area contributed by atoms with E-state index >= 15 is 0 Å². The van der Waals surface area contributed by atoms with Crippen molar-refractivity contribution in [3.8, 4) is 0 Å². The first-order valence-electron chi connectivity index (χ1n) is 5.79. The molecule has 2 unspecified atom stereocenters. The van der Waals surface area contributed by atoms with Gasteiger partial charge in [-0.2, -0.15) is 23.5 Å². The maximum absolute atomic E-state index is 11.7. The summed E-state index contributed by atoms with van der Waals surface area (Å²) in [6.45, 7) is 4.01. The molecule has 0 aromatic heterocycles. The van der Waals surface area contributed by atoms with Crippen molar-refractivity contribution in [2.45, 2.75) is 19.4 Å². The molecule has 1 fully saturated rings. The highest BCUT2D eigenvalue weighted by Gasteiger charge is 2.16. The van der Waals surface area contributed by atoms with Gasteiger partial charge in [0.15, 0.2) is 0 Å². The fraction of sp³-hybridized carbons (Fsp3) is 0.909. The van der Waals surface area contributed by atoms with Gasteiger partial charge in [-0.1, -0.05) is 6.92 Å². The maximum atomic E-state index is 11.7. The molecular weight excluding hydrogens is 240 g/mol. The van der Waals surface area contributed by atoms with Crippen LogP contribution in [0.3, 0.4) is 0 Å². The van der Waals surface area contributed by atoms with Crippen molar-refractivity contribution in [2.75, 3.05) is 36.6 Å². The monoisotopic (exact) mass is 262 g/mol. The van der Waals surface area contributed by atoms with Crippen LogP contribution in [0.1, 0.15) is 13.3 Å². The molecule has 0 saturated carbocycles. The Kier molecular flexibility index (Phi) is 7.32. The highest BCUT2D eigenvalue weighted by molar-refractivity contribution is 7.99. The van der Waals surface area contributed by atoms with E-state index in [1.54, 1.807) is 0 Å². The first-order valence-corrected chi connectivity index (χ1v) is 8.34. The van der Waals surface area contributed by atoms with Gasteiger partial charge in [0.05, 0.1) is 0 Å². The average Bonchev–Trinajstić information content (AvgIpc) is 2.28. The standard InChI is InChI=1S/C11H22N2OS2/c1-9(7-15-2)6-13-11(14)5-10-8-16-4-3-12-10/h9-10,12H,3-8H2,1-2H3,(H,13,14). The van der Waals surface area contributed by atoms with E-state index in [9.17, 15) is 4.79 Å². The third-order valence-corrected chi connectivity index (χ3v) is 4.56. The van der Waals surface area contributed by atoms with E-state index in [4.69, 9.17) is 0 Å². The summed E-state index contributed by atoms with van der Waals surface area (Å²) in [6, 6.07) is 0.370. The van der Waals surface area contributed by atoms with Crippen molar-refractivity contribution in [3.05, 3.63) is 0 Å². The number of nitrogens with one attached hydrogen (secondary N) is 2. The fourth-order valence-corrected chi connectivity index (χ4v) is 3.31. The number of carbonyl (C=O) groups excluding carboxylic acids is 1. The molecule has 2 N–H and O–H groups in total. The SMILES string of the molecule is CSCC(C)CNC(=O)CC1CSCCN1. The molecule has 1 heterocycles. The fourth-order valence-electron chi connectivity index (χ4n) is 1.68. The van der Waals surface area contributed by atoms with E-state index < -0.39 is 0 Å². The number of hydrogen-bond donors (Lipinski definition) is 2. The van der Waals surface area contributed by atoms with E-state index in [1.807, 2.05) is 23.5 Å². The van der Waals surface area contributed by atoms with Crippen LogP contribution in [0.2, 0.25) is 0 Å². The number of rotatable bonds is 6. The number of hydrogen-bond acceptors (Lipinski definition) is 4. The quantitative estimate of drug-likeness (QED) is 0.755. The molecule has 0 spiro atoms. The smallest absolute Gasteiger partial charge is 0.221 e. The Morgan fingerprint density at radius 1 is 1.69 bits per heavy atom. The van der Waals surface area contributed by atoms with Crippen LogP contribution in [0.25, 0.3) is 0 Å². The summed E-state index contributed by atoms with van der Waals surface area (Å²) in [7, 11) is 0. The molecule has 0 radical (unpaired) electrons.